The summed E-state index contributed by atoms with van der Waals surface area (Å²) in [5.74, 6) is 0. The Kier molecular flexibility index (Phi) is 2.97. The van der Waals surface area contributed by atoms with Crippen LogP contribution in [0.2, 0.25) is 0 Å². The van der Waals surface area contributed by atoms with E-state index in [9.17, 15) is 0 Å². The molecule has 0 saturated carbocycles. The van der Waals surface area contributed by atoms with E-state index in [1.807, 2.05) is 0 Å². The monoisotopic (exact) mass is 289 g/mol. The van der Waals surface area contributed by atoms with E-state index in [4.69, 9.17) is 10.5 Å². The molecule has 1 aliphatic heterocycles. The van der Waals surface area contributed by atoms with Crippen LogP contribution in [-0.2, 0) is 10.2 Å². The van der Waals surface area contributed by atoms with Gasteiger partial charge in [0.15, 0.2) is 0 Å². The second kappa shape index (κ2) is 3.84. The van der Waals surface area contributed by atoms with Crippen LogP contribution in [-0.4, -0.2) is 18.8 Å². The molecule has 84 valence electrons. The second-order valence-electron chi connectivity index (χ2n) is 5.07. The van der Waals surface area contributed by atoms with E-state index in [0.29, 0.717) is 0 Å². The molecule has 0 aliphatic carbocycles. The van der Waals surface area contributed by atoms with Gasteiger partial charge in [0.05, 0.1) is 18.6 Å². The molecule has 0 unspecified atom stereocenters. The van der Waals surface area contributed by atoms with Crippen molar-refractivity contribution in [2.45, 2.75) is 31.2 Å². The summed E-state index contributed by atoms with van der Waals surface area (Å²) in [5.41, 5.74) is 6.14. The maximum absolute atomic E-state index is 6.11. The summed E-state index contributed by atoms with van der Waals surface area (Å²) in [4.78, 5) is 1.39. The maximum Gasteiger partial charge on any atom is 0.0594 e. The molecule has 0 aromatic carbocycles. The SMILES string of the molecule is CC(C)(N)CC1(c2cc(Br)cs2)COC1. The van der Waals surface area contributed by atoms with Gasteiger partial charge in [0, 0.05) is 20.3 Å². The summed E-state index contributed by atoms with van der Waals surface area (Å²) >= 11 is 5.29. The van der Waals surface area contributed by atoms with Gasteiger partial charge in [0.25, 0.3) is 0 Å². The Labute approximate surface area is 103 Å². The molecule has 2 heterocycles. The lowest BCUT2D eigenvalue weighted by atomic mass is 9.74. The molecule has 1 aliphatic rings. The van der Waals surface area contributed by atoms with Crippen molar-refractivity contribution in [3.63, 3.8) is 0 Å². The molecule has 15 heavy (non-hydrogen) atoms. The minimum Gasteiger partial charge on any atom is -0.379 e. The van der Waals surface area contributed by atoms with Crippen LogP contribution >= 0.6 is 27.3 Å². The van der Waals surface area contributed by atoms with Crippen LogP contribution in [0, 0.1) is 0 Å². The second-order valence-corrected chi connectivity index (χ2v) is 6.89. The van der Waals surface area contributed by atoms with E-state index in [1.54, 1.807) is 11.3 Å². The molecule has 0 spiro atoms. The van der Waals surface area contributed by atoms with Crippen LogP contribution in [0.25, 0.3) is 0 Å². The summed E-state index contributed by atoms with van der Waals surface area (Å²) in [6.07, 6.45) is 0.979. The topological polar surface area (TPSA) is 35.2 Å². The van der Waals surface area contributed by atoms with Crippen LogP contribution in [0.1, 0.15) is 25.1 Å². The van der Waals surface area contributed by atoms with Crippen LogP contribution < -0.4 is 5.73 Å². The first-order valence-corrected chi connectivity index (χ1v) is 6.70. The predicted octanol–water partition coefficient (Wildman–Crippen LogP) is 2.91. The van der Waals surface area contributed by atoms with E-state index in [0.717, 1.165) is 24.1 Å². The molecule has 4 heteroatoms. The Morgan fingerprint density at radius 3 is 2.60 bits per heavy atom. The first kappa shape index (κ1) is 11.6. The fourth-order valence-corrected chi connectivity index (χ4v) is 3.75. The van der Waals surface area contributed by atoms with Crippen molar-refractivity contribution >= 4 is 27.3 Å². The lowest BCUT2D eigenvalue weighted by Gasteiger charge is -2.44. The van der Waals surface area contributed by atoms with E-state index in [-0.39, 0.29) is 11.0 Å². The van der Waals surface area contributed by atoms with E-state index in [1.165, 1.54) is 4.88 Å². The van der Waals surface area contributed by atoms with Crippen molar-refractivity contribution in [1.29, 1.82) is 0 Å². The maximum atomic E-state index is 6.11. The van der Waals surface area contributed by atoms with Gasteiger partial charge in [0.2, 0.25) is 0 Å². The van der Waals surface area contributed by atoms with Crippen LogP contribution in [0.3, 0.4) is 0 Å². The van der Waals surface area contributed by atoms with E-state index in [2.05, 4.69) is 41.2 Å². The smallest absolute Gasteiger partial charge is 0.0594 e. The van der Waals surface area contributed by atoms with Gasteiger partial charge in [0.1, 0.15) is 0 Å². The number of ether oxygens (including phenoxy) is 1. The van der Waals surface area contributed by atoms with Crippen molar-refractivity contribution < 1.29 is 4.74 Å². The molecule has 0 amide bonds. The minimum absolute atomic E-state index is 0.139. The molecule has 0 bridgehead atoms. The molecule has 2 nitrogen and oxygen atoms in total. The Morgan fingerprint density at radius 1 is 1.60 bits per heavy atom. The van der Waals surface area contributed by atoms with Crippen molar-refractivity contribution in [1.82, 2.24) is 0 Å². The highest BCUT2D eigenvalue weighted by Gasteiger charge is 2.44. The molecule has 1 aromatic rings. The zero-order valence-corrected chi connectivity index (χ0v) is 11.5. The zero-order chi connectivity index (χ0) is 11.1. The third kappa shape index (κ3) is 2.44. The summed E-state index contributed by atoms with van der Waals surface area (Å²) in [5, 5.41) is 2.12. The van der Waals surface area contributed by atoms with Crippen molar-refractivity contribution in [2.24, 2.45) is 5.73 Å². The zero-order valence-electron chi connectivity index (χ0n) is 9.05. The molecular formula is C11H16BrNOS. The number of thiophene rings is 1. The van der Waals surface area contributed by atoms with Crippen molar-refractivity contribution in [3.05, 3.63) is 20.8 Å². The Balaban J connectivity index is 2.22. The molecule has 1 fully saturated rings. The normalized spacial score (nSPS) is 20.0. The summed E-state index contributed by atoms with van der Waals surface area (Å²) in [7, 11) is 0. The lowest BCUT2D eigenvalue weighted by Crippen LogP contribution is -2.52. The number of hydrogen-bond acceptors (Lipinski definition) is 3. The Hall–Kier alpha value is 0.1000. The molecule has 2 rings (SSSR count). The molecule has 2 N–H and O–H groups in total. The van der Waals surface area contributed by atoms with Gasteiger partial charge in [-0.1, -0.05) is 0 Å². The lowest BCUT2D eigenvalue weighted by molar-refractivity contribution is -0.0700. The average Bonchev–Trinajstić information content (AvgIpc) is 2.42. The number of hydrogen-bond donors (Lipinski definition) is 1. The molecule has 0 atom stereocenters. The minimum atomic E-state index is -0.139. The van der Waals surface area contributed by atoms with Crippen molar-refractivity contribution in [2.75, 3.05) is 13.2 Å². The summed E-state index contributed by atoms with van der Waals surface area (Å²) in [6, 6.07) is 2.19. The van der Waals surface area contributed by atoms with Gasteiger partial charge in [-0.05, 0) is 42.3 Å². The van der Waals surface area contributed by atoms with Crippen molar-refractivity contribution in [3.8, 4) is 0 Å². The fourth-order valence-electron chi connectivity index (χ4n) is 2.14. The number of rotatable bonds is 3. The Morgan fingerprint density at radius 2 is 2.27 bits per heavy atom. The van der Waals surface area contributed by atoms with Crippen LogP contribution in [0.5, 0.6) is 0 Å². The van der Waals surface area contributed by atoms with Gasteiger partial charge in [-0.15, -0.1) is 11.3 Å². The number of nitrogens with two attached hydrogens (primary N) is 1. The molecule has 0 radical (unpaired) electrons. The third-order valence-corrected chi connectivity index (χ3v) is 4.58. The highest BCUT2D eigenvalue weighted by Crippen LogP contribution is 2.42. The summed E-state index contributed by atoms with van der Waals surface area (Å²) in [6.45, 7) is 5.77. The predicted molar refractivity (Wildman–Crippen MR) is 67.4 cm³/mol. The van der Waals surface area contributed by atoms with Gasteiger partial charge >= 0.3 is 0 Å². The first-order chi connectivity index (χ1) is 6.91. The molecular weight excluding hydrogens is 274 g/mol. The molecule has 1 aromatic heterocycles. The highest BCUT2D eigenvalue weighted by molar-refractivity contribution is 9.10. The summed E-state index contributed by atoms with van der Waals surface area (Å²) < 4.78 is 6.54. The van der Waals surface area contributed by atoms with Gasteiger partial charge < -0.3 is 10.5 Å². The quantitative estimate of drug-likeness (QED) is 0.929. The average molecular weight is 290 g/mol. The number of halogens is 1. The standard InChI is InChI=1S/C11H16BrNOS/c1-10(2,13)5-11(6-14-7-11)9-3-8(12)4-15-9/h3-4H,5-7,13H2,1-2H3. The van der Waals surface area contributed by atoms with E-state index >= 15 is 0 Å². The third-order valence-electron chi connectivity index (χ3n) is 2.64. The molecule has 1 saturated heterocycles. The first-order valence-electron chi connectivity index (χ1n) is 5.03. The Bertz CT molecular complexity index is 352. The van der Waals surface area contributed by atoms with Gasteiger partial charge in [-0.3, -0.25) is 0 Å². The largest absolute Gasteiger partial charge is 0.379 e. The van der Waals surface area contributed by atoms with Gasteiger partial charge in [-0.25, -0.2) is 0 Å². The van der Waals surface area contributed by atoms with E-state index < -0.39 is 0 Å². The van der Waals surface area contributed by atoms with Crippen LogP contribution in [0.15, 0.2) is 15.9 Å². The highest BCUT2D eigenvalue weighted by atomic mass is 79.9. The fraction of sp³-hybridized carbons (Fsp3) is 0.636. The van der Waals surface area contributed by atoms with Gasteiger partial charge in [-0.2, -0.15) is 0 Å². The van der Waals surface area contributed by atoms with Crippen LogP contribution in [0.4, 0.5) is 0 Å².